The van der Waals surface area contributed by atoms with Crippen LogP contribution in [-0.2, 0) is 4.74 Å². The van der Waals surface area contributed by atoms with Crippen molar-refractivity contribution in [3.63, 3.8) is 0 Å². The summed E-state index contributed by atoms with van der Waals surface area (Å²) >= 11 is 18.6. The summed E-state index contributed by atoms with van der Waals surface area (Å²) < 4.78 is 7.86. The minimum Gasteiger partial charge on any atom is -0.462 e. The first-order chi connectivity index (χ1) is 18.4. The minimum absolute atomic E-state index is 0.322. The van der Waals surface area contributed by atoms with Gasteiger partial charge in [-0.1, -0.05) is 61.1 Å². The number of hydrogen-bond donors (Lipinski definition) is 2. The molecule has 3 aromatic rings. The number of rotatable bonds is 9. The number of nitrogens with zero attached hydrogens (tertiary/aromatic N) is 2. The molecule has 2 heterocycles. The van der Waals surface area contributed by atoms with Crippen molar-refractivity contribution >= 4 is 71.3 Å². The number of nitrogen functional groups attached to an aromatic ring is 1. The lowest BCUT2D eigenvalue weighted by atomic mass is 10.2. The van der Waals surface area contributed by atoms with E-state index in [1.54, 1.807) is 30.5 Å². The molecule has 0 atom stereocenters. The Morgan fingerprint density at radius 1 is 1.05 bits per heavy atom. The Labute approximate surface area is 249 Å². The number of esters is 1. The van der Waals surface area contributed by atoms with Crippen molar-refractivity contribution in [1.29, 1.82) is 0 Å². The quantitative estimate of drug-likeness (QED) is 0.109. The molecule has 0 bridgehead atoms. The van der Waals surface area contributed by atoms with Crippen molar-refractivity contribution in [2.24, 2.45) is 0 Å². The molecular formula is C28H33Cl2N3O2S3. The minimum atomic E-state index is -0.338. The van der Waals surface area contributed by atoms with Crippen LogP contribution in [0.25, 0.3) is 0 Å². The smallest absolute Gasteiger partial charge is 0.339 e. The molecule has 0 radical (unpaired) electrons. The number of hydrogen-bond acceptors (Lipinski definition) is 8. The molecule has 38 heavy (non-hydrogen) atoms. The zero-order chi connectivity index (χ0) is 27.3. The number of carbonyl (C=O) groups excluding carboxylic acids is 1. The maximum absolute atomic E-state index is 12.5. The first-order valence-corrected chi connectivity index (χ1v) is 15.4. The molecular weight excluding hydrogens is 577 g/mol. The lowest BCUT2D eigenvalue weighted by Gasteiger charge is -2.25. The highest BCUT2D eigenvalue weighted by molar-refractivity contribution is 7.99. The maximum atomic E-state index is 12.5. The van der Waals surface area contributed by atoms with E-state index in [1.165, 1.54) is 35.9 Å². The van der Waals surface area contributed by atoms with Crippen LogP contribution in [0.5, 0.6) is 0 Å². The molecule has 0 aliphatic carbocycles. The van der Waals surface area contributed by atoms with Crippen LogP contribution in [0.3, 0.4) is 0 Å². The number of anilines is 1. The summed E-state index contributed by atoms with van der Waals surface area (Å²) in [7, 11) is 0. The van der Waals surface area contributed by atoms with Gasteiger partial charge in [0.25, 0.3) is 0 Å². The second kappa shape index (κ2) is 16.5. The van der Waals surface area contributed by atoms with E-state index >= 15 is 0 Å². The molecule has 1 aliphatic heterocycles. The van der Waals surface area contributed by atoms with Crippen LogP contribution in [0.1, 0.15) is 55.8 Å². The fourth-order valence-corrected chi connectivity index (χ4v) is 6.00. The Bertz CT molecular complexity index is 1180. The van der Waals surface area contributed by atoms with Gasteiger partial charge in [0, 0.05) is 43.9 Å². The van der Waals surface area contributed by atoms with E-state index in [4.69, 9.17) is 33.7 Å². The first-order valence-electron chi connectivity index (χ1n) is 12.6. The predicted molar refractivity (Wildman–Crippen MR) is 164 cm³/mol. The normalized spacial score (nSPS) is 13.5. The van der Waals surface area contributed by atoms with E-state index in [0.717, 1.165) is 47.0 Å². The van der Waals surface area contributed by atoms with Crippen LogP contribution in [0.2, 0.25) is 10.0 Å². The monoisotopic (exact) mass is 609 g/mol. The molecule has 0 amide bonds. The van der Waals surface area contributed by atoms with Crippen LogP contribution in [0.15, 0.2) is 74.3 Å². The number of thiol groups is 1. The number of carbonyl (C=O) groups is 1. The van der Waals surface area contributed by atoms with Gasteiger partial charge in [-0.15, -0.1) is 12.6 Å². The van der Waals surface area contributed by atoms with Gasteiger partial charge in [-0.2, -0.15) is 0 Å². The number of halogens is 2. The summed E-state index contributed by atoms with van der Waals surface area (Å²) in [4.78, 5) is 20.5. The third-order valence-electron chi connectivity index (χ3n) is 5.60. The van der Waals surface area contributed by atoms with Gasteiger partial charge in [0.15, 0.2) is 0 Å². The molecule has 1 aromatic heterocycles. The molecule has 5 nitrogen and oxygen atoms in total. The van der Waals surface area contributed by atoms with E-state index in [0.29, 0.717) is 28.0 Å². The second-order valence-electron chi connectivity index (χ2n) is 8.70. The molecule has 2 aromatic carbocycles. The van der Waals surface area contributed by atoms with Gasteiger partial charge in [0.05, 0.1) is 17.2 Å². The Morgan fingerprint density at radius 2 is 1.76 bits per heavy atom. The Kier molecular flexibility index (Phi) is 13.5. The highest BCUT2D eigenvalue weighted by Gasteiger charge is 2.16. The van der Waals surface area contributed by atoms with Crippen molar-refractivity contribution in [3.8, 4) is 0 Å². The highest BCUT2D eigenvalue weighted by Crippen LogP contribution is 2.33. The van der Waals surface area contributed by atoms with Crippen molar-refractivity contribution in [3.05, 3.63) is 70.3 Å². The molecule has 204 valence electrons. The lowest BCUT2D eigenvalue weighted by Crippen LogP contribution is -2.22. The summed E-state index contributed by atoms with van der Waals surface area (Å²) in [5.74, 6) is -0.0156. The van der Waals surface area contributed by atoms with Crippen LogP contribution >= 0.6 is 59.5 Å². The van der Waals surface area contributed by atoms with Crippen molar-refractivity contribution in [1.82, 2.24) is 9.29 Å². The van der Waals surface area contributed by atoms with Gasteiger partial charge in [0.2, 0.25) is 0 Å². The van der Waals surface area contributed by atoms with Gasteiger partial charge in [-0.3, -0.25) is 0 Å². The van der Waals surface area contributed by atoms with E-state index in [9.17, 15) is 4.79 Å². The largest absolute Gasteiger partial charge is 0.462 e. The van der Waals surface area contributed by atoms with Crippen molar-refractivity contribution < 1.29 is 9.53 Å². The lowest BCUT2D eigenvalue weighted by molar-refractivity contribution is 0.0494. The fourth-order valence-electron chi connectivity index (χ4n) is 3.58. The summed E-state index contributed by atoms with van der Waals surface area (Å²) in [5, 5.41) is 1.23. The molecule has 2 N–H and O–H groups in total. The number of pyridine rings is 1. The predicted octanol–water partition coefficient (Wildman–Crippen LogP) is 8.94. The zero-order valence-electron chi connectivity index (χ0n) is 21.4. The number of unbranched alkanes of at least 4 members (excludes halogenated alkanes) is 2. The molecule has 0 saturated carbocycles. The Balaban J connectivity index is 0.000000375. The zero-order valence-corrected chi connectivity index (χ0v) is 25.4. The Hall–Kier alpha value is -1.55. The van der Waals surface area contributed by atoms with E-state index in [1.807, 2.05) is 11.9 Å². The summed E-state index contributed by atoms with van der Waals surface area (Å²) in [6, 6.07) is 15.2. The van der Waals surface area contributed by atoms with E-state index in [2.05, 4.69) is 53.1 Å². The van der Waals surface area contributed by atoms with Crippen LogP contribution in [0.4, 0.5) is 5.82 Å². The fraction of sp³-hybridized carbons (Fsp3) is 0.357. The van der Waals surface area contributed by atoms with Gasteiger partial charge >= 0.3 is 5.97 Å². The van der Waals surface area contributed by atoms with Crippen molar-refractivity contribution in [2.75, 3.05) is 25.4 Å². The summed E-state index contributed by atoms with van der Waals surface area (Å²) in [5.41, 5.74) is 6.29. The molecule has 0 spiro atoms. The average Bonchev–Trinajstić information content (AvgIpc) is 2.92. The third-order valence-corrected chi connectivity index (χ3v) is 8.83. The van der Waals surface area contributed by atoms with Gasteiger partial charge in [0.1, 0.15) is 5.82 Å². The number of benzene rings is 2. The molecule has 1 fully saturated rings. The topological polar surface area (TPSA) is 68.5 Å². The van der Waals surface area contributed by atoms with Crippen molar-refractivity contribution in [2.45, 2.75) is 65.0 Å². The molecule has 1 aliphatic rings. The molecule has 1 saturated heterocycles. The first kappa shape index (κ1) is 31.0. The van der Waals surface area contributed by atoms with Crippen LogP contribution in [-0.4, -0.2) is 35.0 Å². The second-order valence-corrected chi connectivity index (χ2v) is 12.3. The standard InChI is InChI=1S/C22H29N3O2S2.C6H4Cl2S/c1-2-3-7-14-27-22(26)19-15-21(23)24-16-20(19)28-17-8-10-18(11-9-17)29-25-12-5-4-6-13-25;7-4-1-2-6(9)5(8)3-4/h8-11,15-16H,2-7,12-14H2,1H3,(H2,23,24);1-3,9H. The number of nitrogens with two attached hydrogens (primary N) is 1. The number of aromatic nitrogens is 1. The molecule has 10 heteroatoms. The van der Waals surface area contributed by atoms with E-state index < -0.39 is 0 Å². The van der Waals surface area contributed by atoms with Gasteiger partial charge in [-0.25, -0.2) is 14.1 Å². The highest BCUT2D eigenvalue weighted by atomic mass is 35.5. The molecule has 4 rings (SSSR count). The third kappa shape index (κ3) is 10.5. The molecule has 0 unspecified atom stereocenters. The SMILES string of the molecule is CCCCCOC(=O)c1cc(N)ncc1Sc1ccc(SN2CCCCC2)cc1.Sc1ccc(Cl)cc1Cl. The average molecular weight is 611 g/mol. The Morgan fingerprint density at radius 3 is 2.42 bits per heavy atom. The van der Waals surface area contributed by atoms with Gasteiger partial charge < -0.3 is 10.5 Å². The van der Waals surface area contributed by atoms with Crippen LogP contribution in [0, 0.1) is 0 Å². The summed E-state index contributed by atoms with van der Waals surface area (Å²) in [6.45, 7) is 4.86. The van der Waals surface area contributed by atoms with Crippen LogP contribution < -0.4 is 5.73 Å². The number of piperidine rings is 1. The maximum Gasteiger partial charge on any atom is 0.339 e. The summed E-state index contributed by atoms with van der Waals surface area (Å²) in [6.07, 6.45) is 8.57. The van der Waals surface area contributed by atoms with Gasteiger partial charge in [-0.05, 0) is 79.7 Å². The van der Waals surface area contributed by atoms with E-state index in [-0.39, 0.29) is 5.97 Å². The number of ether oxygens (including phenoxy) is 1.